The van der Waals surface area contributed by atoms with Gasteiger partial charge in [-0.1, -0.05) is 39.3 Å². The van der Waals surface area contributed by atoms with Crippen LogP contribution in [0.3, 0.4) is 0 Å². The van der Waals surface area contributed by atoms with Gasteiger partial charge in [0.15, 0.2) is 5.60 Å². The quantitative estimate of drug-likeness (QED) is 0.465. The van der Waals surface area contributed by atoms with E-state index >= 15 is 0 Å². The Morgan fingerprint density at radius 3 is 2.12 bits per heavy atom. The summed E-state index contributed by atoms with van der Waals surface area (Å²) in [6.07, 6.45) is 0. The first-order valence-corrected chi connectivity index (χ1v) is 10.6. The van der Waals surface area contributed by atoms with Gasteiger partial charge in [-0.15, -0.1) is 0 Å². The van der Waals surface area contributed by atoms with Gasteiger partial charge in [0, 0.05) is 31.6 Å². The van der Waals surface area contributed by atoms with Crippen molar-refractivity contribution in [3.63, 3.8) is 0 Å². The third-order valence-corrected chi connectivity index (χ3v) is 5.84. The van der Waals surface area contributed by atoms with Gasteiger partial charge in [0.25, 0.3) is 5.91 Å². The fraction of sp³-hybridized carbons (Fsp3) is 0.611. The number of rotatable bonds is 10. The third-order valence-electron chi connectivity index (χ3n) is 3.47. The maximum absolute atomic E-state index is 12.6. The van der Waals surface area contributed by atoms with Crippen LogP contribution >= 0.6 is 21.6 Å². The SMILES string of the molecule is Cc1ccc(OC(C)(C)C(=O)N(C)CCSSCCN(C)C)cc1. The van der Waals surface area contributed by atoms with Crippen LogP contribution in [0.25, 0.3) is 0 Å². The Labute approximate surface area is 154 Å². The second kappa shape index (κ2) is 10.2. The summed E-state index contributed by atoms with van der Waals surface area (Å²) in [6, 6.07) is 7.78. The minimum absolute atomic E-state index is 0.00182. The van der Waals surface area contributed by atoms with Gasteiger partial charge in [0.2, 0.25) is 0 Å². The summed E-state index contributed by atoms with van der Waals surface area (Å²) < 4.78 is 5.90. The molecule has 1 aromatic carbocycles. The molecule has 0 spiro atoms. The number of benzene rings is 1. The van der Waals surface area contributed by atoms with Gasteiger partial charge in [-0.25, -0.2) is 0 Å². The van der Waals surface area contributed by atoms with E-state index in [1.54, 1.807) is 4.90 Å². The molecule has 0 aliphatic carbocycles. The summed E-state index contributed by atoms with van der Waals surface area (Å²) in [5.74, 6) is 2.74. The topological polar surface area (TPSA) is 32.8 Å². The fourth-order valence-electron chi connectivity index (χ4n) is 2.02. The van der Waals surface area contributed by atoms with E-state index < -0.39 is 5.60 Å². The minimum atomic E-state index is -0.868. The minimum Gasteiger partial charge on any atom is -0.478 e. The van der Waals surface area contributed by atoms with Crippen molar-refractivity contribution in [1.82, 2.24) is 9.80 Å². The van der Waals surface area contributed by atoms with Crippen LogP contribution < -0.4 is 4.74 Å². The van der Waals surface area contributed by atoms with Gasteiger partial charge in [-0.05, 0) is 47.0 Å². The highest BCUT2D eigenvalue weighted by atomic mass is 33.1. The van der Waals surface area contributed by atoms with Crippen LogP contribution in [0.2, 0.25) is 0 Å². The smallest absolute Gasteiger partial charge is 0.265 e. The fourth-order valence-corrected chi connectivity index (χ4v) is 4.20. The molecule has 1 amide bonds. The van der Waals surface area contributed by atoms with E-state index in [2.05, 4.69) is 19.0 Å². The monoisotopic (exact) mass is 370 g/mol. The number of carbonyl (C=O) groups excluding carboxylic acids is 1. The van der Waals surface area contributed by atoms with E-state index in [0.29, 0.717) is 0 Å². The second-order valence-corrected chi connectivity index (χ2v) is 9.30. The normalized spacial score (nSPS) is 11.6. The number of nitrogens with zero attached hydrogens (tertiary/aromatic N) is 2. The van der Waals surface area contributed by atoms with Gasteiger partial charge in [-0.2, -0.15) is 0 Å². The molecule has 0 unspecified atom stereocenters. The molecule has 0 N–H and O–H groups in total. The van der Waals surface area contributed by atoms with Crippen LogP contribution in [0, 0.1) is 6.92 Å². The Morgan fingerprint density at radius 1 is 1.04 bits per heavy atom. The molecule has 0 aliphatic heterocycles. The zero-order valence-electron chi connectivity index (χ0n) is 15.7. The highest BCUT2D eigenvalue weighted by molar-refractivity contribution is 8.76. The molecular weight excluding hydrogens is 340 g/mol. The van der Waals surface area contributed by atoms with Crippen LogP contribution in [0.4, 0.5) is 0 Å². The van der Waals surface area contributed by atoms with Crippen molar-refractivity contribution in [3.05, 3.63) is 29.8 Å². The Hall–Kier alpha value is -0.850. The van der Waals surface area contributed by atoms with Crippen molar-refractivity contribution in [1.29, 1.82) is 0 Å². The number of likely N-dealkylation sites (N-methyl/N-ethyl adjacent to an activating group) is 1. The summed E-state index contributed by atoms with van der Waals surface area (Å²) in [5, 5.41) is 0. The summed E-state index contributed by atoms with van der Waals surface area (Å²) in [5.41, 5.74) is 0.305. The van der Waals surface area contributed by atoms with E-state index in [4.69, 9.17) is 4.74 Å². The zero-order valence-corrected chi connectivity index (χ0v) is 17.3. The lowest BCUT2D eigenvalue weighted by molar-refractivity contribution is -0.143. The van der Waals surface area contributed by atoms with Gasteiger partial charge in [0.1, 0.15) is 5.75 Å². The van der Waals surface area contributed by atoms with Gasteiger partial charge in [0.05, 0.1) is 0 Å². The molecule has 0 aromatic heterocycles. The average molecular weight is 371 g/mol. The molecule has 0 atom stereocenters. The second-order valence-electron chi connectivity index (χ2n) is 6.60. The Balaban J connectivity index is 2.38. The molecule has 0 saturated carbocycles. The van der Waals surface area contributed by atoms with Crippen LogP contribution in [0.15, 0.2) is 24.3 Å². The Bertz CT molecular complexity index is 504. The third kappa shape index (κ3) is 7.81. The van der Waals surface area contributed by atoms with Crippen LogP contribution in [0.5, 0.6) is 5.75 Å². The molecule has 4 nitrogen and oxygen atoms in total. The lowest BCUT2D eigenvalue weighted by atomic mass is 10.1. The zero-order chi connectivity index (χ0) is 18.2. The van der Waals surface area contributed by atoms with Gasteiger partial charge in [-0.3, -0.25) is 4.79 Å². The van der Waals surface area contributed by atoms with E-state index in [-0.39, 0.29) is 5.91 Å². The highest BCUT2D eigenvalue weighted by Gasteiger charge is 2.32. The first-order chi connectivity index (χ1) is 11.2. The predicted octanol–water partition coefficient (Wildman–Crippen LogP) is 3.55. The van der Waals surface area contributed by atoms with Crippen molar-refractivity contribution >= 4 is 27.5 Å². The van der Waals surface area contributed by atoms with Crippen molar-refractivity contribution in [2.75, 3.05) is 45.7 Å². The number of hydrogen-bond acceptors (Lipinski definition) is 5. The molecule has 0 fully saturated rings. The maximum atomic E-state index is 12.6. The molecule has 136 valence electrons. The van der Waals surface area contributed by atoms with E-state index in [1.807, 2.05) is 73.7 Å². The summed E-state index contributed by atoms with van der Waals surface area (Å²) in [6.45, 7) is 7.47. The molecule has 1 aromatic rings. The van der Waals surface area contributed by atoms with Crippen molar-refractivity contribution in [2.45, 2.75) is 26.4 Å². The van der Waals surface area contributed by atoms with Crippen molar-refractivity contribution in [2.24, 2.45) is 0 Å². The molecule has 0 radical (unpaired) electrons. The van der Waals surface area contributed by atoms with Crippen molar-refractivity contribution < 1.29 is 9.53 Å². The predicted molar refractivity (Wildman–Crippen MR) is 107 cm³/mol. The molecule has 24 heavy (non-hydrogen) atoms. The number of carbonyl (C=O) groups is 1. The maximum Gasteiger partial charge on any atom is 0.265 e. The lowest BCUT2D eigenvalue weighted by Gasteiger charge is -2.30. The molecule has 0 heterocycles. The number of hydrogen-bond donors (Lipinski definition) is 0. The van der Waals surface area contributed by atoms with Gasteiger partial charge >= 0.3 is 0 Å². The highest BCUT2D eigenvalue weighted by Crippen LogP contribution is 2.23. The summed E-state index contributed by atoms with van der Waals surface area (Å²) >= 11 is 0. The van der Waals surface area contributed by atoms with E-state index in [0.717, 1.165) is 30.3 Å². The van der Waals surface area contributed by atoms with Crippen LogP contribution in [-0.2, 0) is 4.79 Å². The van der Waals surface area contributed by atoms with Crippen LogP contribution in [0.1, 0.15) is 19.4 Å². The molecule has 0 bridgehead atoms. The molecule has 0 saturated heterocycles. The largest absolute Gasteiger partial charge is 0.478 e. The number of aryl methyl sites for hydroxylation is 1. The first-order valence-electron chi connectivity index (χ1n) is 8.13. The summed E-state index contributed by atoms with van der Waals surface area (Å²) in [7, 11) is 9.66. The Kier molecular flexibility index (Phi) is 9.02. The van der Waals surface area contributed by atoms with Crippen LogP contribution in [-0.4, -0.2) is 67.0 Å². The molecular formula is C18H30N2O2S2. The molecule has 6 heteroatoms. The molecule has 1 rings (SSSR count). The number of ether oxygens (including phenoxy) is 1. The van der Waals surface area contributed by atoms with Gasteiger partial charge < -0.3 is 14.5 Å². The first kappa shape index (κ1) is 21.2. The van der Waals surface area contributed by atoms with E-state index in [9.17, 15) is 4.79 Å². The molecule has 0 aliphatic rings. The van der Waals surface area contributed by atoms with Crippen molar-refractivity contribution in [3.8, 4) is 5.75 Å². The Morgan fingerprint density at radius 2 is 1.58 bits per heavy atom. The van der Waals surface area contributed by atoms with E-state index in [1.165, 1.54) is 5.56 Å². The average Bonchev–Trinajstić information content (AvgIpc) is 2.51. The summed E-state index contributed by atoms with van der Waals surface area (Å²) in [4.78, 5) is 16.6. The number of amides is 1. The standard InChI is InChI=1S/C18H30N2O2S2/c1-15-7-9-16(10-8-15)22-18(2,3)17(21)20(6)12-14-24-23-13-11-19(4)5/h7-10H,11-14H2,1-6H3. The lowest BCUT2D eigenvalue weighted by Crippen LogP contribution is -2.47.